The van der Waals surface area contributed by atoms with Gasteiger partial charge in [0.25, 0.3) is 0 Å². The van der Waals surface area contributed by atoms with Crippen LogP contribution < -0.4 is 21.7 Å². The molecule has 2 rings (SSSR count). The monoisotopic (exact) mass is 330 g/mol. The molecule has 1 aromatic carbocycles. The van der Waals surface area contributed by atoms with Gasteiger partial charge >= 0.3 is 0 Å². The Balaban J connectivity index is 2.26. The molecule has 8 heteroatoms. The van der Waals surface area contributed by atoms with Crippen LogP contribution in [0, 0.1) is 0 Å². The van der Waals surface area contributed by atoms with E-state index in [4.69, 9.17) is 5.73 Å². The van der Waals surface area contributed by atoms with Crippen LogP contribution in [0.15, 0.2) is 16.6 Å². The summed E-state index contributed by atoms with van der Waals surface area (Å²) in [5, 5.41) is 27.3. The fraction of sp³-hybridized carbons (Fsp3) is 0.364. The minimum absolute atomic E-state index is 0.0801. The van der Waals surface area contributed by atoms with Crippen LogP contribution in [0.25, 0.3) is 0 Å². The van der Waals surface area contributed by atoms with Crippen molar-refractivity contribution in [3.05, 3.63) is 22.2 Å². The lowest BCUT2D eigenvalue weighted by molar-refractivity contribution is -0.119. The van der Waals surface area contributed by atoms with Crippen LogP contribution in [-0.4, -0.2) is 35.1 Å². The molecule has 7 nitrogen and oxygen atoms in total. The Hall–Kier alpha value is -1.35. The fourth-order valence-electron chi connectivity index (χ4n) is 1.82. The van der Waals surface area contributed by atoms with Crippen LogP contribution >= 0.6 is 15.9 Å². The van der Waals surface area contributed by atoms with E-state index in [1.54, 1.807) is 6.07 Å². The Morgan fingerprint density at radius 1 is 1.37 bits per heavy atom. The summed E-state index contributed by atoms with van der Waals surface area (Å²) in [5.41, 5.74) is 7.27. The standard InChI is InChI=1S/C11H15BrN4O3/c12-6-1-5(4-14-8(17)3-13)9-7(2-6)15-10(18)11(19)16-9/h1-2,10-11,15-16,18-19H,3-4,13H2,(H,14,17). The Kier molecular flexibility index (Phi) is 4.25. The molecule has 0 spiro atoms. The third kappa shape index (κ3) is 3.16. The van der Waals surface area contributed by atoms with Crippen molar-refractivity contribution in [1.29, 1.82) is 0 Å². The molecule has 1 aliphatic heterocycles. The third-order valence-corrected chi connectivity index (χ3v) is 3.20. The zero-order chi connectivity index (χ0) is 14.0. The van der Waals surface area contributed by atoms with Gasteiger partial charge in [-0.3, -0.25) is 4.79 Å². The number of hydrogen-bond acceptors (Lipinski definition) is 6. The second-order valence-electron chi connectivity index (χ2n) is 4.15. The molecule has 0 fully saturated rings. The summed E-state index contributed by atoms with van der Waals surface area (Å²) >= 11 is 3.35. The quantitative estimate of drug-likeness (QED) is 0.444. The molecule has 1 heterocycles. The van der Waals surface area contributed by atoms with E-state index in [1.165, 1.54) is 0 Å². The van der Waals surface area contributed by atoms with E-state index in [-0.39, 0.29) is 19.0 Å². The average molecular weight is 331 g/mol. The summed E-state index contributed by atoms with van der Waals surface area (Å²) in [4.78, 5) is 11.2. The number of halogens is 1. The van der Waals surface area contributed by atoms with Crippen LogP contribution in [0.4, 0.5) is 11.4 Å². The van der Waals surface area contributed by atoms with Crippen molar-refractivity contribution in [3.63, 3.8) is 0 Å². The molecule has 2 unspecified atom stereocenters. The second-order valence-corrected chi connectivity index (χ2v) is 5.06. The minimum Gasteiger partial charge on any atom is -0.369 e. The van der Waals surface area contributed by atoms with Crippen LogP contribution in [0.2, 0.25) is 0 Å². The van der Waals surface area contributed by atoms with Gasteiger partial charge in [0.1, 0.15) is 0 Å². The van der Waals surface area contributed by atoms with Crippen LogP contribution in [0.5, 0.6) is 0 Å². The smallest absolute Gasteiger partial charge is 0.234 e. The summed E-state index contributed by atoms with van der Waals surface area (Å²) in [6.45, 7) is 0.193. The third-order valence-electron chi connectivity index (χ3n) is 2.74. The number of carbonyl (C=O) groups excluding carboxylic acids is 1. The van der Waals surface area contributed by atoms with Gasteiger partial charge in [-0.25, -0.2) is 0 Å². The molecule has 2 atom stereocenters. The molecule has 0 aromatic heterocycles. The van der Waals surface area contributed by atoms with Crippen molar-refractivity contribution in [2.24, 2.45) is 5.73 Å². The van der Waals surface area contributed by atoms with Crippen LogP contribution in [0.3, 0.4) is 0 Å². The van der Waals surface area contributed by atoms with E-state index in [9.17, 15) is 15.0 Å². The maximum Gasteiger partial charge on any atom is 0.234 e. The summed E-state index contributed by atoms with van der Waals surface area (Å²) < 4.78 is 0.793. The molecule has 7 N–H and O–H groups in total. The number of nitrogens with one attached hydrogen (secondary N) is 3. The van der Waals surface area contributed by atoms with Crippen molar-refractivity contribution in [1.82, 2.24) is 5.32 Å². The Bertz CT molecular complexity index is 497. The normalized spacial score (nSPS) is 21.1. The molecule has 104 valence electrons. The molecule has 1 aromatic rings. The molecule has 0 saturated heterocycles. The number of nitrogens with two attached hydrogens (primary N) is 1. The maximum absolute atomic E-state index is 11.2. The predicted octanol–water partition coefficient (Wildman–Crippen LogP) is -0.502. The predicted molar refractivity (Wildman–Crippen MR) is 74.3 cm³/mol. The average Bonchev–Trinajstić information content (AvgIpc) is 2.37. The summed E-state index contributed by atoms with van der Waals surface area (Å²) in [6, 6.07) is 3.58. The number of benzene rings is 1. The molecule has 1 amide bonds. The largest absolute Gasteiger partial charge is 0.369 e. The van der Waals surface area contributed by atoms with Gasteiger partial charge in [-0.15, -0.1) is 0 Å². The van der Waals surface area contributed by atoms with Gasteiger partial charge in [-0.05, 0) is 17.7 Å². The zero-order valence-electron chi connectivity index (χ0n) is 9.98. The maximum atomic E-state index is 11.2. The van der Waals surface area contributed by atoms with Crippen molar-refractivity contribution in [2.45, 2.75) is 19.0 Å². The van der Waals surface area contributed by atoms with Crippen LogP contribution in [-0.2, 0) is 11.3 Å². The van der Waals surface area contributed by atoms with Gasteiger partial charge in [0, 0.05) is 11.0 Å². The van der Waals surface area contributed by atoms with E-state index in [2.05, 4.69) is 31.9 Å². The SMILES string of the molecule is NCC(=O)NCc1cc(Br)cc2c1NC(O)C(O)N2. The Labute approximate surface area is 118 Å². The number of amides is 1. The lowest BCUT2D eigenvalue weighted by atomic mass is 10.1. The highest BCUT2D eigenvalue weighted by atomic mass is 79.9. The highest BCUT2D eigenvalue weighted by molar-refractivity contribution is 9.10. The van der Waals surface area contributed by atoms with E-state index in [0.29, 0.717) is 11.4 Å². The topological polar surface area (TPSA) is 120 Å². The van der Waals surface area contributed by atoms with Gasteiger partial charge in [-0.1, -0.05) is 15.9 Å². The number of aliphatic hydroxyl groups is 2. The first-order valence-electron chi connectivity index (χ1n) is 5.69. The Morgan fingerprint density at radius 3 is 2.74 bits per heavy atom. The first-order chi connectivity index (χ1) is 9.01. The van der Waals surface area contributed by atoms with Crippen LogP contribution in [0.1, 0.15) is 5.56 Å². The van der Waals surface area contributed by atoms with Crippen molar-refractivity contribution in [3.8, 4) is 0 Å². The number of hydrogen-bond donors (Lipinski definition) is 6. The van der Waals surface area contributed by atoms with Crippen molar-refractivity contribution < 1.29 is 15.0 Å². The number of anilines is 2. The molecule has 0 bridgehead atoms. The van der Waals surface area contributed by atoms with E-state index >= 15 is 0 Å². The highest BCUT2D eigenvalue weighted by Crippen LogP contribution is 2.34. The van der Waals surface area contributed by atoms with Gasteiger partial charge in [0.15, 0.2) is 12.5 Å². The number of fused-ring (bicyclic) bond motifs is 1. The second kappa shape index (κ2) is 5.74. The molecule has 19 heavy (non-hydrogen) atoms. The first kappa shape index (κ1) is 14.1. The zero-order valence-corrected chi connectivity index (χ0v) is 11.6. The van der Waals surface area contributed by atoms with E-state index in [1.807, 2.05) is 6.07 Å². The lowest BCUT2D eigenvalue weighted by Gasteiger charge is -2.31. The van der Waals surface area contributed by atoms with Gasteiger partial charge in [0.2, 0.25) is 5.91 Å². The van der Waals surface area contributed by atoms with Gasteiger partial charge in [0.05, 0.1) is 17.9 Å². The molecule has 0 saturated carbocycles. The number of rotatable bonds is 3. The molecular formula is C11H15BrN4O3. The molecule has 0 aliphatic carbocycles. The highest BCUT2D eigenvalue weighted by Gasteiger charge is 2.25. The number of aliphatic hydroxyl groups excluding tert-OH is 2. The van der Waals surface area contributed by atoms with Gasteiger partial charge in [-0.2, -0.15) is 0 Å². The molecule has 1 aliphatic rings. The number of carbonyl (C=O) groups is 1. The first-order valence-corrected chi connectivity index (χ1v) is 6.49. The molecule has 0 radical (unpaired) electrons. The fourth-order valence-corrected chi connectivity index (χ4v) is 2.32. The Morgan fingerprint density at radius 2 is 2.05 bits per heavy atom. The summed E-state index contributed by atoms with van der Waals surface area (Å²) in [7, 11) is 0. The van der Waals surface area contributed by atoms with Crippen molar-refractivity contribution >= 4 is 33.2 Å². The van der Waals surface area contributed by atoms with Gasteiger partial charge < -0.3 is 31.9 Å². The van der Waals surface area contributed by atoms with E-state index < -0.39 is 12.5 Å². The summed E-state index contributed by atoms with van der Waals surface area (Å²) in [6.07, 6.45) is -2.20. The lowest BCUT2D eigenvalue weighted by Crippen LogP contribution is -2.43. The summed E-state index contributed by atoms with van der Waals surface area (Å²) in [5.74, 6) is -0.266. The van der Waals surface area contributed by atoms with Crippen molar-refractivity contribution in [2.75, 3.05) is 17.2 Å². The molecular weight excluding hydrogens is 316 g/mol. The van der Waals surface area contributed by atoms with E-state index in [0.717, 1.165) is 10.0 Å². The minimum atomic E-state index is -1.11.